The van der Waals surface area contributed by atoms with Crippen molar-refractivity contribution >= 4 is 17.2 Å². The molecule has 2 aromatic rings. The Hall–Kier alpha value is -2.09. The Morgan fingerprint density at radius 1 is 1.21 bits per heavy atom. The van der Waals surface area contributed by atoms with Crippen LogP contribution in [0.25, 0.3) is 0 Å². The van der Waals surface area contributed by atoms with Crippen molar-refractivity contribution in [2.75, 3.05) is 40.5 Å². The molecular weight excluding hydrogens is 376 g/mol. The number of hydrogen-bond donors (Lipinski definition) is 1. The lowest BCUT2D eigenvalue weighted by atomic mass is 10.0. The van der Waals surface area contributed by atoms with E-state index in [1.165, 1.54) is 4.88 Å². The third-order valence-corrected chi connectivity index (χ3v) is 5.89. The third-order valence-electron chi connectivity index (χ3n) is 4.95. The Labute approximate surface area is 170 Å². The summed E-state index contributed by atoms with van der Waals surface area (Å²) in [5.41, 5.74) is 0.890. The molecule has 0 unspecified atom stereocenters. The van der Waals surface area contributed by atoms with Gasteiger partial charge in [0.1, 0.15) is 0 Å². The number of nitrogens with one attached hydrogen (secondary N) is 1. The minimum Gasteiger partial charge on any atom is -0.493 e. The van der Waals surface area contributed by atoms with Gasteiger partial charge in [-0.15, -0.1) is 11.3 Å². The van der Waals surface area contributed by atoms with Crippen LogP contribution in [0, 0.1) is 0 Å². The van der Waals surface area contributed by atoms with Crippen molar-refractivity contribution in [3.63, 3.8) is 0 Å². The summed E-state index contributed by atoms with van der Waals surface area (Å²) in [5, 5.41) is 5.28. The summed E-state index contributed by atoms with van der Waals surface area (Å²) in [6.07, 6.45) is 0.297. The van der Waals surface area contributed by atoms with Gasteiger partial charge in [0.25, 0.3) is 0 Å². The first kappa shape index (κ1) is 20.6. The fraction of sp³-hybridized carbons (Fsp3) is 0.476. The molecule has 0 bridgehead atoms. The molecule has 0 radical (unpaired) electrons. The van der Waals surface area contributed by atoms with Crippen molar-refractivity contribution < 1.29 is 19.0 Å². The van der Waals surface area contributed by atoms with Gasteiger partial charge < -0.3 is 19.5 Å². The number of hydrogen-bond acceptors (Lipinski definition) is 6. The van der Waals surface area contributed by atoms with Gasteiger partial charge in [-0.3, -0.25) is 9.69 Å². The molecule has 2 atom stereocenters. The molecule has 0 aliphatic carbocycles. The first-order chi connectivity index (χ1) is 13.6. The fourth-order valence-corrected chi connectivity index (χ4v) is 4.58. The summed E-state index contributed by atoms with van der Waals surface area (Å²) < 4.78 is 16.1. The van der Waals surface area contributed by atoms with Crippen LogP contribution >= 0.6 is 11.3 Å². The van der Waals surface area contributed by atoms with E-state index >= 15 is 0 Å². The van der Waals surface area contributed by atoms with E-state index in [9.17, 15) is 4.79 Å². The van der Waals surface area contributed by atoms with Crippen molar-refractivity contribution in [1.29, 1.82) is 0 Å². The van der Waals surface area contributed by atoms with Crippen LogP contribution in [0.4, 0.5) is 0 Å². The first-order valence-corrected chi connectivity index (χ1v) is 10.4. The summed E-state index contributed by atoms with van der Waals surface area (Å²) in [6.45, 7) is 5.28. The highest BCUT2D eigenvalue weighted by Gasteiger charge is 2.29. The maximum atomic E-state index is 12.7. The van der Waals surface area contributed by atoms with Gasteiger partial charge in [-0.05, 0) is 36.1 Å². The number of methoxy groups -OCH3 is 2. The molecule has 1 fully saturated rings. The Balaban J connectivity index is 1.67. The van der Waals surface area contributed by atoms with Crippen molar-refractivity contribution in [2.45, 2.75) is 25.4 Å². The second-order valence-corrected chi connectivity index (χ2v) is 7.81. The lowest BCUT2D eigenvalue weighted by molar-refractivity contribution is -0.121. The zero-order valence-corrected chi connectivity index (χ0v) is 17.5. The number of amides is 1. The van der Waals surface area contributed by atoms with E-state index in [0.29, 0.717) is 17.9 Å². The normalized spacial score (nSPS) is 17.0. The molecule has 2 heterocycles. The first-order valence-electron chi connectivity index (χ1n) is 9.48. The van der Waals surface area contributed by atoms with Gasteiger partial charge in [-0.1, -0.05) is 12.1 Å². The fourth-order valence-electron chi connectivity index (χ4n) is 3.62. The van der Waals surface area contributed by atoms with Crippen LogP contribution in [-0.2, 0) is 16.0 Å². The molecule has 1 N–H and O–H groups in total. The Bertz CT molecular complexity index is 760. The molecule has 28 heavy (non-hydrogen) atoms. The van der Waals surface area contributed by atoms with E-state index in [1.807, 2.05) is 18.2 Å². The number of ether oxygens (including phenoxy) is 3. The molecule has 1 aromatic carbocycles. The standard InChI is InChI=1S/C21H28N2O4S/c1-15(21(19-5-4-12-28-19)23-8-10-27-11-9-23)22-20(24)14-16-6-7-17(25-2)18(13-16)26-3/h4-7,12-13,15,21H,8-11,14H2,1-3H3,(H,22,24)/t15-,21-/m0/s1. The van der Waals surface area contributed by atoms with Crippen LogP contribution in [-0.4, -0.2) is 57.4 Å². The zero-order chi connectivity index (χ0) is 19.9. The number of benzene rings is 1. The van der Waals surface area contributed by atoms with E-state index in [4.69, 9.17) is 14.2 Å². The van der Waals surface area contributed by atoms with Gasteiger partial charge in [0.2, 0.25) is 5.91 Å². The van der Waals surface area contributed by atoms with E-state index < -0.39 is 0 Å². The van der Waals surface area contributed by atoms with Crippen LogP contribution in [0.2, 0.25) is 0 Å². The topological polar surface area (TPSA) is 60.0 Å². The number of carbonyl (C=O) groups excluding carboxylic acids is 1. The minimum atomic E-state index is -0.00982. The molecule has 0 saturated carbocycles. The molecule has 7 heteroatoms. The highest BCUT2D eigenvalue weighted by Crippen LogP contribution is 2.30. The lowest BCUT2D eigenvalue weighted by Gasteiger charge is -2.37. The SMILES string of the molecule is COc1ccc(CC(=O)N[C@@H](C)[C@@H](c2cccs2)N2CCOCC2)cc1OC. The van der Waals surface area contributed by atoms with E-state index in [-0.39, 0.29) is 18.0 Å². The highest BCUT2D eigenvalue weighted by atomic mass is 32.1. The Morgan fingerprint density at radius 2 is 1.96 bits per heavy atom. The smallest absolute Gasteiger partial charge is 0.224 e. The number of morpholine rings is 1. The van der Waals surface area contributed by atoms with Crippen LogP contribution in [0.1, 0.15) is 23.4 Å². The average molecular weight is 405 g/mol. The molecule has 0 spiro atoms. The van der Waals surface area contributed by atoms with E-state index in [2.05, 4.69) is 34.7 Å². The maximum Gasteiger partial charge on any atom is 0.224 e. The summed E-state index contributed by atoms with van der Waals surface area (Å²) >= 11 is 1.73. The number of carbonyl (C=O) groups is 1. The summed E-state index contributed by atoms with van der Waals surface area (Å²) in [6, 6.07) is 9.91. The van der Waals surface area contributed by atoms with Crippen molar-refractivity contribution in [3.05, 3.63) is 46.2 Å². The van der Waals surface area contributed by atoms with Gasteiger partial charge >= 0.3 is 0 Å². The summed E-state index contributed by atoms with van der Waals surface area (Å²) in [4.78, 5) is 16.4. The number of thiophene rings is 1. The summed E-state index contributed by atoms with van der Waals surface area (Å²) in [7, 11) is 3.19. The molecule has 1 aliphatic rings. The third kappa shape index (κ3) is 5.04. The van der Waals surface area contributed by atoms with Crippen molar-refractivity contribution in [3.8, 4) is 11.5 Å². The molecule has 3 rings (SSSR count). The van der Waals surface area contributed by atoms with Gasteiger partial charge in [-0.25, -0.2) is 0 Å². The average Bonchev–Trinajstić information content (AvgIpc) is 3.23. The molecular formula is C21H28N2O4S. The maximum absolute atomic E-state index is 12.7. The largest absolute Gasteiger partial charge is 0.493 e. The van der Waals surface area contributed by atoms with Gasteiger partial charge in [0.15, 0.2) is 11.5 Å². The van der Waals surface area contributed by atoms with E-state index in [1.54, 1.807) is 25.6 Å². The quantitative estimate of drug-likeness (QED) is 0.733. The van der Waals surface area contributed by atoms with E-state index in [0.717, 1.165) is 31.9 Å². The van der Waals surface area contributed by atoms with Crippen LogP contribution in [0.5, 0.6) is 11.5 Å². The minimum absolute atomic E-state index is 0.00506. The lowest BCUT2D eigenvalue weighted by Crippen LogP contribution is -2.48. The second kappa shape index (κ2) is 9.91. The molecule has 1 saturated heterocycles. The zero-order valence-electron chi connectivity index (χ0n) is 16.6. The van der Waals surface area contributed by atoms with Gasteiger partial charge in [-0.2, -0.15) is 0 Å². The highest BCUT2D eigenvalue weighted by molar-refractivity contribution is 7.10. The van der Waals surface area contributed by atoms with Crippen molar-refractivity contribution in [2.24, 2.45) is 0 Å². The van der Waals surface area contributed by atoms with Crippen LogP contribution < -0.4 is 14.8 Å². The second-order valence-electron chi connectivity index (χ2n) is 6.83. The predicted octanol–water partition coefficient (Wildman–Crippen LogP) is 2.89. The molecule has 1 aromatic heterocycles. The molecule has 6 nitrogen and oxygen atoms in total. The monoisotopic (exact) mass is 404 g/mol. The van der Waals surface area contributed by atoms with Gasteiger partial charge in [0.05, 0.1) is 39.9 Å². The molecule has 1 amide bonds. The Kier molecular flexibility index (Phi) is 7.30. The number of rotatable bonds is 8. The Morgan fingerprint density at radius 3 is 2.61 bits per heavy atom. The number of nitrogens with zero attached hydrogens (tertiary/aromatic N) is 1. The molecule has 1 aliphatic heterocycles. The molecule has 152 valence electrons. The summed E-state index contributed by atoms with van der Waals surface area (Å²) in [5.74, 6) is 1.28. The van der Waals surface area contributed by atoms with Crippen molar-refractivity contribution in [1.82, 2.24) is 10.2 Å². The van der Waals surface area contributed by atoms with Gasteiger partial charge in [0, 0.05) is 24.0 Å². The van der Waals surface area contributed by atoms with Crippen LogP contribution in [0.3, 0.4) is 0 Å². The van der Waals surface area contributed by atoms with Crippen LogP contribution in [0.15, 0.2) is 35.7 Å². The predicted molar refractivity (Wildman–Crippen MR) is 110 cm³/mol.